The Labute approximate surface area is 84.2 Å². The topological polar surface area (TPSA) is 48.4 Å². The Hall–Kier alpha value is -0.800. The van der Waals surface area contributed by atoms with E-state index in [0.29, 0.717) is 19.3 Å². The van der Waals surface area contributed by atoms with Crippen molar-refractivity contribution >= 4 is 0 Å². The highest BCUT2D eigenvalue weighted by Gasteiger charge is 2.18. The first-order valence-corrected chi connectivity index (χ1v) is 5.19. The molecule has 3 nitrogen and oxygen atoms in total. The summed E-state index contributed by atoms with van der Waals surface area (Å²) in [6.07, 6.45) is 4.16. The van der Waals surface area contributed by atoms with Crippen LogP contribution in [0.2, 0.25) is 0 Å². The summed E-state index contributed by atoms with van der Waals surface area (Å²) in [6.45, 7) is 3.07. The molecule has 2 N–H and O–H groups in total. The lowest BCUT2D eigenvalue weighted by molar-refractivity contribution is -0.0159. The summed E-state index contributed by atoms with van der Waals surface area (Å²) >= 11 is 0. The van der Waals surface area contributed by atoms with Crippen molar-refractivity contribution in [1.82, 2.24) is 0 Å². The molecule has 0 bridgehead atoms. The van der Waals surface area contributed by atoms with Crippen LogP contribution in [0.1, 0.15) is 36.3 Å². The van der Waals surface area contributed by atoms with Crippen LogP contribution in [0.4, 0.5) is 0 Å². The zero-order valence-corrected chi connectivity index (χ0v) is 8.58. The number of furan rings is 1. The molecule has 0 aromatic carbocycles. The second-order valence-electron chi connectivity index (χ2n) is 3.86. The fourth-order valence-corrected chi connectivity index (χ4v) is 1.60. The zero-order valence-electron chi connectivity index (χ0n) is 8.58. The molecule has 3 heteroatoms. The molecular weight excluding hydrogens is 178 g/mol. The van der Waals surface area contributed by atoms with Crippen molar-refractivity contribution in [1.29, 1.82) is 0 Å². The maximum absolute atomic E-state index is 5.64. The molecule has 78 valence electrons. The van der Waals surface area contributed by atoms with Crippen LogP contribution in [0.5, 0.6) is 0 Å². The summed E-state index contributed by atoms with van der Waals surface area (Å²) in [7, 11) is 0. The third-order valence-corrected chi connectivity index (χ3v) is 2.81. The molecule has 1 aliphatic rings. The average Bonchev–Trinajstić information content (AvgIpc) is 2.44. The molecule has 0 aliphatic heterocycles. The molecule has 1 aromatic rings. The van der Waals surface area contributed by atoms with Gasteiger partial charge < -0.3 is 14.9 Å². The molecule has 1 heterocycles. The smallest absolute Gasteiger partial charge is 0.130 e. The lowest BCUT2D eigenvalue weighted by Gasteiger charge is -2.24. The maximum atomic E-state index is 5.64. The maximum Gasteiger partial charge on any atom is 0.130 e. The summed E-state index contributed by atoms with van der Waals surface area (Å²) in [5.74, 6) is 1.81. The van der Waals surface area contributed by atoms with Crippen molar-refractivity contribution in [2.24, 2.45) is 5.73 Å². The minimum atomic E-state index is 0.460. The molecule has 0 saturated heterocycles. The second-order valence-corrected chi connectivity index (χ2v) is 3.86. The van der Waals surface area contributed by atoms with Gasteiger partial charge in [-0.2, -0.15) is 0 Å². The van der Waals surface area contributed by atoms with E-state index >= 15 is 0 Å². The fraction of sp³-hybridized carbons (Fsp3) is 0.636. The van der Waals surface area contributed by atoms with Gasteiger partial charge in [-0.3, -0.25) is 0 Å². The summed E-state index contributed by atoms with van der Waals surface area (Å²) in [5, 5.41) is 0. The Morgan fingerprint density at radius 1 is 1.57 bits per heavy atom. The van der Waals surface area contributed by atoms with Gasteiger partial charge in [0, 0.05) is 12.1 Å². The molecule has 1 fully saturated rings. The monoisotopic (exact) mass is 195 g/mol. The van der Waals surface area contributed by atoms with Crippen LogP contribution in [-0.2, 0) is 17.9 Å². The number of rotatable bonds is 4. The highest BCUT2D eigenvalue weighted by molar-refractivity contribution is 5.19. The third-order valence-electron chi connectivity index (χ3n) is 2.81. The quantitative estimate of drug-likeness (QED) is 0.800. The van der Waals surface area contributed by atoms with Gasteiger partial charge in [0.15, 0.2) is 0 Å². The number of hydrogen-bond donors (Lipinski definition) is 1. The van der Waals surface area contributed by atoms with Crippen molar-refractivity contribution in [2.45, 2.75) is 45.4 Å². The number of ether oxygens (including phenoxy) is 1. The molecule has 14 heavy (non-hydrogen) atoms. The van der Waals surface area contributed by atoms with E-state index in [-0.39, 0.29) is 0 Å². The molecule has 0 radical (unpaired) electrons. The van der Waals surface area contributed by atoms with E-state index in [9.17, 15) is 0 Å². The van der Waals surface area contributed by atoms with E-state index in [4.69, 9.17) is 14.9 Å². The largest absolute Gasteiger partial charge is 0.464 e. The van der Waals surface area contributed by atoms with E-state index in [1.54, 1.807) is 0 Å². The van der Waals surface area contributed by atoms with Crippen molar-refractivity contribution in [2.75, 3.05) is 0 Å². The van der Waals surface area contributed by atoms with Crippen LogP contribution in [0.15, 0.2) is 10.5 Å². The van der Waals surface area contributed by atoms with Crippen molar-refractivity contribution < 1.29 is 9.15 Å². The summed E-state index contributed by atoms with van der Waals surface area (Å²) in [6, 6.07) is 1.99. The third kappa shape index (κ3) is 1.99. The lowest BCUT2D eigenvalue weighted by atomic mass is 9.96. The molecule has 1 aromatic heterocycles. The Bertz CT molecular complexity index is 302. The van der Waals surface area contributed by atoms with Gasteiger partial charge >= 0.3 is 0 Å². The van der Waals surface area contributed by atoms with E-state index in [1.807, 2.05) is 13.0 Å². The van der Waals surface area contributed by atoms with E-state index in [1.165, 1.54) is 19.3 Å². The Morgan fingerprint density at radius 3 is 2.86 bits per heavy atom. The molecule has 2 rings (SSSR count). The first kappa shape index (κ1) is 9.74. The van der Waals surface area contributed by atoms with Gasteiger partial charge in [0.25, 0.3) is 0 Å². The zero-order chi connectivity index (χ0) is 9.97. The van der Waals surface area contributed by atoms with Crippen LogP contribution < -0.4 is 5.73 Å². The molecule has 1 aliphatic carbocycles. The molecule has 0 atom stereocenters. The minimum Gasteiger partial charge on any atom is -0.464 e. The van der Waals surface area contributed by atoms with Gasteiger partial charge in [-0.25, -0.2) is 0 Å². The Balaban J connectivity index is 1.88. The summed E-state index contributed by atoms with van der Waals surface area (Å²) in [4.78, 5) is 0. The SMILES string of the molecule is Cc1oc(COC2CCC2)cc1CN. The fourth-order valence-electron chi connectivity index (χ4n) is 1.60. The van der Waals surface area contributed by atoms with Gasteiger partial charge in [0.05, 0.1) is 6.10 Å². The van der Waals surface area contributed by atoms with Crippen LogP contribution in [0.3, 0.4) is 0 Å². The van der Waals surface area contributed by atoms with Crippen LogP contribution >= 0.6 is 0 Å². The Morgan fingerprint density at radius 2 is 2.36 bits per heavy atom. The number of aryl methyl sites for hydroxylation is 1. The van der Waals surface area contributed by atoms with Crippen molar-refractivity contribution in [3.8, 4) is 0 Å². The predicted molar refractivity (Wildman–Crippen MR) is 53.8 cm³/mol. The first-order valence-electron chi connectivity index (χ1n) is 5.19. The average molecular weight is 195 g/mol. The predicted octanol–water partition coefficient (Wildman–Crippen LogP) is 2.12. The van der Waals surface area contributed by atoms with Gasteiger partial charge in [0.2, 0.25) is 0 Å². The number of nitrogens with two attached hydrogens (primary N) is 1. The van der Waals surface area contributed by atoms with Crippen molar-refractivity contribution in [3.63, 3.8) is 0 Å². The van der Waals surface area contributed by atoms with Crippen LogP contribution in [-0.4, -0.2) is 6.10 Å². The molecule has 1 saturated carbocycles. The summed E-state index contributed by atoms with van der Waals surface area (Å²) < 4.78 is 11.2. The first-order chi connectivity index (χ1) is 6.79. The van der Waals surface area contributed by atoms with Gasteiger partial charge in [-0.15, -0.1) is 0 Å². The van der Waals surface area contributed by atoms with E-state index in [0.717, 1.165) is 17.1 Å². The van der Waals surface area contributed by atoms with Crippen LogP contribution in [0, 0.1) is 6.92 Å². The minimum absolute atomic E-state index is 0.460. The standard InChI is InChI=1S/C11H17NO2/c1-8-9(6-12)5-11(14-8)7-13-10-3-2-4-10/h5,10H,2-4,6-7,12H2,1H3. The van der Waals surface area contributed by atoms with Gasteiger partial charge in [-0.05, 0) is 32.3 Å². The molecule has 0 unspecified atom stereocenters. The molecule has 0 spiro atoms. The summed E-state index contributed by atoms with van der Waals surface area (Å²) in [5.41, 5.74) is 6.64. The normalized spacial score (nSPS) is 17.0. The highest BCUT2D eigenvalue weighted by atomic mass is 16.5. The van der Waals surface area contributed by atoms with E-state index < -0.39 is 0 Å². The Kier molecular flexibility index (Phi) is 2.89. The second kappa shape index (κ2) is 4.15. The van der Waals surface area contributed by atoms with Crippen LogP contribution in [0.25, 0.3) is 0 Å². The molecule has 0 amide bonds. The molecular formula is C11H17NO2. The van der Waals surface area contributed by atoms with E-state index in [2.05, 4.69) is 0 Å². The van der Waals surface area contributed by atoms with Gasteiger partial charge in [0.1, 0.15) is 18.1 Å². The van der Waals surface area contributed by atoms with Crippen molar-refractivity contribution in [3.05, 3.63) is 23.2 Å². The number of hydrogen-bond acceptors (Lipinski definition) is 3. The van der Waals surface area contributed by atoms with Gasteiger partial charge in [-0.1, -0.05) is 0 Å². The highest BCUT2D eigenvalue weighted by Crippen LogP contribution is 2.24. The lowest BCUT2D eigenvalue weighted by Crippen LogP contribution is -2.20.